The van der Waals surface area contributed by atoms with Gasteiger partial charge in [0.1, 0.15) is 5.75 Å². The van der Waals surface area contributed by atoms with Crippen molar-refractivity contribution in [3.8, 4) is 5.75 Å². The fraction of sp³-hybridized carbons (Fsp3) is 0.700. The maximum Gasteiger partial charge on any atom is 0.119 e. The van der Waals surface area contributed by atoms with Gasteiger partial charge in [-0.25, -0.2) is 0 Å². The lowest BCUT2D eigenvalue weighted by atomic mass is 9.52. The number of ether oxygens (including phenoxy) is 1. The molecule has 0 N–H and O–H groups in total. The van der Waals surface area contributed by atoms with Gasteiger partial charge in [-0.05, 0) is 83.9 Å². The molecule has 0 radical (unpaired) electrons. The van der Waals surface area contributed by atoms with Gasteiger partial charge in [-0.15, -0.1) is 0 Å². The molecule has 2 spiro atoms. The van der Waals surface area contributed by atoms with Crippen LogP contribution in [0.1, 0.15) is 56.6 Å². The number of methoxy groups -OCH3 is 1. The summed E-state index contributed by atoms with van der Waals surface area (Å²) in [6.45, 7) is 2.52. The zero-order chi connectivity index (χ0) is 14.2. The van der Waals surface area contributed by atoms with Gasteiger partial charge in [0.15, 0.2) is 0 Å². The quantitative estimate of drug-likeness (QED) is 0.724. The Balaban J connectivity index is 1.72. The smallest absolute Gasteiger partial charge is 0.119 e. The second-order valence-electron chi connectivity index (χ2n) is 8.45. The highest BCUT2D eigenvalue weighted by atomic mass is 16.5. The van der Waals surface area contributed by atoms with Gasteiger partial charge in [0.05, 0.1) is 7.11 Å². The highest BCUT2D eigenvalue weighted by Crippen LogP contribution is 2.75. The highest BCUT2D eigenvalue weighted by molar-refractivity contribution is 5.48. The molecule has 0 heterocycles. The summed E-state index contributed by atoms with van der Waals surface area (Å²) in [4.78, 5) is 0. The highest BCUT2D eigenvalue weighted by Gasteiger charge is 2.69. The number of rotatable bonds is 1. The molecule has 112 valence electrons. The van der Waals surface area contributed by atoms with Crippen LogP contribution in [0.3, 0.4) is 0 Å². The van der Waals surface area contributed by atoms with Crippen molar-refractivity contribution < 1.29 is 4.74 Å². The van der Waals surface area contributed by atoms with Crippen molar-refractivity contribution in [1.29, 1.82) is 0 Å². The average molecular weight is 282 g/mol. The van der Waals surface area contributed by atoms with Crippen LogP contribution in [-0.2, 0) is 11.8 Å². The van der Waals surface area contributed by atoms with Crippen molar-refractivity contribution in [2.45, 2.75) is 57.3 Å². The third-order valence-corrected chi connectivity index (χ3v) is 7.64. The van der Waals surface area contributed by atoms with E-state index in [1.165, 1.54) is 44.9 Å². The fourth-order valence-electron chi connectivity index (χ4n) is 7.36. The van der Waals surface area contributed by atoms with Crippen LogP contribution in [0.2, 0.25) is 0 Å². The van der Waals surface area contributed by atoms with Crippen molar-refractivity contribution >= 4 is 0 Å². The predicted octanol–water partition coefficient (Wildman–Crippen LogP) is 4.73. The van der Waals surface area contributed by atoms with E-state index < -0.39 is 0 Å². The molecule has 0 amide bonds. The molecule has 21 heavy (non-hydrogen) atoms. The SMILES string of the molecule is COc1ccc2c(c1)[C@]13CCCC[C@@H]1[C@H]1C(C)C[C@@]1(C2)C3. The summed E-state index contributed by atoms with van der Waals surface area (Å²) >= 11 is 0. The van der Waals surface area contributed by atoms with Crippen LogP contribution in [0.15, 0.2) is 18.2 Å². The van der Waals surface area contributed by atoms with Gasteiger partial charge in [-0.3, -0.25) is 0 Å². The van der Waals surface area contributed by atoms with Crippen LogP contribution in [0.4, 0.5) is 0 Å². The van der Waals surface area contributed by atoms with E-state index >= 15 is 0 Å². The van der Waals surface area contributed by atoms with E-state index in [9.17, 15) is 0 Å². The van der Waals surface area contributed by atoms with Gasteiger partial charge >= 0.3 is 0 Å². The first-order chi connectivity index (χ1) is 10.2. The largest absolute Gasteiger partial charge is 0.497 e. The minimum Gasteiger partial charge on any atom is -0.497 e. The maximum absolute atomic E-state index is 5.55. The lowest BCUT2D eigenvalue weighted by molar-refractivity contribution is -0.0291. The van der Waals surface area contributed by atoms with Crippen LogP contribution >= 0.6 is 0 Å². The van der Waals surface area contributed by atoms with Gasteiger partial charge in [0.2, 0.25) is 0 Å². The second-order valence-corrected chi connectivity index (χ2v) is 8.45. The standard InChI is InChI=1S/C20H26O/c1-13-10-19-11-14-6-7-15(21-2)9-17(14)20(12-19)8-4-3-5-16(20)18(13)19/h6-7,9,13,16,18H,3-5,8,10-12H2,1-2H3/t13?,16-,18-,19-,20+/m1/s1. The molecular weight excluding hydrogens is 256 g/mol. The van der Waals surface area contributed by atoms with E-state index in [0.29, 0.717) is 10.8 Å². The normalized spacial score (nSPS) is 46.1. The summed E-state index contributed by atoms with van der Waals surface area (Å²) in [5, 5.41) is 0. The molecular formula is C20H26O. The molecule has 1 aromatic carbocycles. The van der Waals surface area contributed by atoms with Gasteiger partial charge in [0.25, 0.3) is 0 Å². The first-order valence-corrected chi connectivity index (χ1v) is 8.86. The van der Waals surface area contributed by atoms with E-state index in [1.807, 2.05) is 7.11 Å². The van der Waals surface area contributed by atoms with Crippen LogP contribution in [0, 0.1) is 23.2 Å². The third-order valence-electron chi connectivity index (χ3n) is 7.64. The minimum atomic E-state index is 0.510. The monoisotopic (exact) mass is 282 g/mol. The molecule has 0 saturated heterocycles. The Bertz CT molecular complexity index is 606. The summed E-state index contributed by atoms with van der Waals surface area (Å²) in [7, 11) is 1.81. The first kappa shape index (κ1) is 12.6. The average Bonchev–Trinajstić information content (AvgIpc) is 2.68. The summed E-state index contributed by atoms with van der Waals surface area (Å²) in [5.41, 5.74) is 4.52. The van der Waals surface area contributed by atoms with E-state index in [4.69, 9.17) is 4.74 Å². The first-order valence-electron chi connectivity index (χ1n) is 8.86. The summed E-state index contributed by atoms with van der Waals surface area (Å²) in [6.07, 6.45) is 10.1. The van der Waals surface area contributed by atoms with E-state index in [2.05, 4.69) is 25.1 Å². The Morgan fingerprint density at radius 3 is 2.95 bits per heavy atom. The van der Waals surface area contributed by atoms with Crippen molar-refractivity contribution in [2.75, 3.05) is 7.11 Å². The summed E-state index contributed by atoms with van der Waals surface area (Å²) < 4.78 is 5.55. The van der Waals surface area contributed by atoms with Crippen LogP contribution in [0.5, 0.6) is 5.75 Å². The van der Waals surface area contributed by atoms with Crippen molar-refractivity contribution in [3.63, 3.8) is 0 Å². The van der Waals surface area contributed by atoms with E-state index in [1.54, 1.807) is 11.1 Å². The molecule has 3 saturated carbocycles. The zero-order valence-corrected chi connectivity index (χ0v) is 13.3. The molecule has 1 heteroatoms. The number of benzene rings is 1. The van der Waals surface area contributed by atoms with Crippen LogP contribution in [0.25, 0.3) is 0 Å². The topological polar surface area (TPSA) is 9.23 Å². The van der Waals surface area contributed by atoms with Crippen molar-refractivity contribution in [3.05, 3.63) is 29.3 Å². The number of hydrogen-bond acceptors (Lipinski definition) is 1. The Labute approximate surface area is 128 Å². The minimum absolute atomic E-state index is 0.510. The second kappa shape index (κ2) is 3.86. The van der Waals surface area contributed by atoms with Gasteiger partial charge in [0, 0.05) is 0 Å². The molecule has 0 aromatic heterocycles. The molecule has 5 rings (SSSR count). The maximum atomic E-state index is 5.55. The summed E-state index contributed by atoms with van der Waals surface area (Å²) in [5.74, 6) is 4.00. The molecule has 1 unspecified atom stereocenters. The summed E-state index contributed by atoms with van der Waals surface area (Å²) in [6, 6.07) is 6.97. The molecule has 3 fully saturated rings. The molecule has 4 aliphatic rings. The molecule has 1 nitrogen and oxygen atoms in total. The Hall–Kier alpha value is -0.980. The fourth-order valence-corrected chi connectivity index (χ4v) is 7.36. The van der Waals surface area contributed by atoms with Crippen molar-refractivity contribution in [1.82, 2.24) is 0 Å². The predicted molar refractivity (Wildman–Crippen MR) is 84.7 cm³/mol. The zero-order valence-electron chi connectivity index (χ0n) is 13.3. The molecule has 5 atom stereocenters. The number of fused-ring (bicyclic) bond motifs is 2. The lowest BCUT2D eigenvalue weighted by Crippen LogP contribution is -2.46. The number of hydrogen-bond donors (Lipinski definition) is 0. The van der Waals surface area contributed by atoms with Crippen LogP contribution < -0.4 is 4.74 Å². The van der Waals surface area contributed by atoms with Crippen LogP contribution in [-0.4, -0.2) is 7.11 Å². The third kappa shape index (κ3) is 1.34. The van der Waals surface area contributed by atoms with Crippen molar-refractivity contribution in [2.24, 2.45) is 23.2 Å². The van der Waals surface area contributed by atoms with E-state index in [0.717, 1.165) is 23.5 Å². The van der Waals surface area contributed by atoms with Gasteiger partial charge in [-0.1, -0.05) is 25.8 Å². The Morgan fingerprint density at radius 1 is 1.24 bits per heavy atom. The Morgan fingerprint density at radius 2 is 2.14 bits per heavy atom. The van der Waals surface area contributed by atoms with E-state index in [-0.39, 0.29) is 0 Å². The molecule has 1 aromatic rings. The molecule has 2 bridgehead atoms. The molecule has 4 aliphatic carbocycles. The lowest BCUT2D eigenvalue weighted by Gasteiger charge is -2.53. The Kier molecular flexibility index (Phi) is 2.31. The van der Waals surface area contributed by atoms with Gasteiger partial charge < -0.3 is 4.74 Å². The van der Waals surface area contributed by atoms with Gasteiger partial charge in [-0.2, -0.15) is 0 Å². The molecule has 0 aliphatic heterocycles.